The van der Waals surface area contributed by atoms with E-state index in [-0.39, 0.29) is 11.7 Å². The maximum Gasteiger partial charge on any atom is 0.235 e. The minimum absolute atomic E-state index is 0.0811. The fourth-order valence-corrected chi connectivity index (χ4v) is 4.20. The van der Waals surface area contributed by atoms with E-state index in [1.807, 2.05) is 19.1 Å². The number of carbonyl (C=O) groups excluding carboxylic acids is 1. The van der Waals surface area contributed by atoms with Crippen LogP contribution in [0.3, 0.4) is 0 Å². The van der Waals surface area contributed by atoms with Crippen LogP contribution in [0.25, 0.3) is 0 Å². The molecule has 0 aromatic heterocycles. The average Bonchev–Trinajstić information content (AvgIpc) is 2.74. The number of nitrogens with two attached hydrogens (primary N) is 1. The number of benzene rings is 1. The quantitative estimate of drug-likeness (QED) is 0.207. The average molecular weight is 416 g/mol. The van der Waals surface area contributed by atoms with Gasteiger partial charge in [-0.3, -0.25) is 10.2 Å². The van der Waals surface area contributed by atoms with Gasteiger partial charge in [-0.25, -0.2) is 0 Å². The molecule has 0 radical (unpaired) electrons. The van der Waals surface area contributed by atoms with Crippen molar-refractivity contribution in [3.8, 4) is 0 Å². The van der Waals surface area contributed by atoms with Crippen LogP contribution in [-0.2, 0) is 16.0 Å². The maximum absolute atomic E-state index is 12.1. The fraction of sp³-hybridized carbons (Fsp3) is 0.680. The zero-order chi connectivity index (χ0) is 21.6. The van der Waals surface area contributed by atoms with Crippen molar-refractivity contribution in [2.24, 2.45) is 17.6 Å². The predicted molar refractivity (Wildman–Crippen MR) is 125 cm³/mol. The molecule has 1 aromatic rings. The normalized spacial score (nSPS) is 15.6. The number of aryl methyl sites for hydroxylation is 1. The summed E-state index contributed by atoms with van der Waals surface area (Å²) in [5, 5.41) is 10.3. The molecule has 1 unspecified atom stereocenters. The Hall–Kier alpha value is -1.88. The van der Waals surface area contributed by atoms with E-state index in [4.69, 9.17) is 15.9 Å². The van der Waals surface area contributed by atoms with Crippen LogP contribution >= 0.6 is 0 Å². The summed E-state index contributed by atoms with van der Waals surface area (Å²) in [6.45, 7) is 3.76. The number of anilines is 1. The lowest BCUT2D eigenvalue weighted by molar-refractivity contribution is -0.118. The number of nitrogens with one attached hydrogen (secondary N) is 2. The van der Waals surface area contributed by atoms with Gasteiger partial charge < -0.3 is 15.8 Å². The number of amidine groups is 1. The third kappa shape index (κ3) is 9.29. The molecule has 0 bridgehead atoms. The minimum atomic E-state index is -0.553. The Balaban J connectivity index is 1.51. The highest BCUT2D eigenvalue weighted by atomic mass is 16.5. The summed E-state index contributed by atoms with van der Waals surface area (Å²) in [4.78, 5) is 12.1. The molecule has 4 N–H and O–H groups in total. The summed E-state index contributed by atoms with van der Waals surface area (Å²) in [5.74, 6) is -0.0223. The second kappa shape index (κ2) is 14.2. The second-order valence-electron chi connectivity index (χ2n) is 8.70. The third-order valence-corrected chi connectivity index (χ3v) is 6.15. The molecule has 0 aliphatic heterocycles. The SMILES string of the molecule is CCC(C(=N)N)C(=O)Nc1ccc(CCCCCCCOCC2CCCCC2)cc1. The van der Waals surface area contributed by atoms with Crippen LogP contribution in [-0.4, -0.2) is 25.0 Å². The first-order valence-corrected chi connectivity index (χ1v) is 11.9. The zero-order valence-electron chi connectivity index (χ0n) is 18.8. The number of rotatable bonds is 14. The molecule has 0 spiro atoms. The van der Waals surface area contributed by atoms with Crippen molar-refractivity contribution in [2.75, 3.05) is 18.5 Å². The van der Waals surface area contributed by atoms with E-state index >= 15 is 0 Å². The van der Waals surface area contributed by atoms with Crippen LogP contribution in [0, 0.1) is 17.2 Å². The number of ether oxygens (including phenoxy) is 1. The standard InChI is InChI=1S/C25H41N3O2/c1-2-23(24(26)27)25(29)28-22-16-14-20(15-17-22)11-7-4-3-5-10-18-30-19-21-12-8-6-9-13-21/h14-17,21,23H,2-13,18-19H2,1H3,(H3,26,27)(H,28,29). The van der Waals surface area contributed by atoms with Gasteiger partial charge in [0, 0.05) is 18.9 Å². The topological polar surface area (TPSA) is 88.2 Å². The van der Waals surface area contributed by atoms with E-state index in [1.165, 1.54) is 69.8 Å². The summed E-state index contributed by atoms with van der Waals surface area (Å²) in [7, 11) is 0. The van der Waals surface area contributed by atoms with E-state index in [0.717, 1.165) is 31.2 Å². The number of hydrogen-bond acceptors (Lipinski definition) is 3. The van der Waals surface area contributed by atoms with Gasteiger partial charge in [0.15, 0.2) is 0 Å². The Morgan fingerprint density at radius 2 is 1.77 bits per heavy atom. The van der Waals surface area contributed by atoms with Crippen LogP contribution in [0.5, 0.6) is 0 Å². The van der Waals surface area contributed by atoms with E-state index in [0.29, 0.717) is 6.42 Å². The van der Waals surface area contributed by atoms with Crippen LogP contribution < -0.4 is 11.1 Å². The van der Waals surface area contributed by atoms with E-state index in [1.54, 1.807) is 0 Å². The molecular formula is C25H41N3O2. The smallest absolute Gasteiger partial charge is 0.235 e. The van der Waals surface area contributed by atoms with E-state index < -0.39 is 5.92 Å². The van der Waals surface area contributed by atoms with Crippen LogP contribution in [0.4, 0.5) is 5.69 Å². The van der Waals surface area contributed by atoms with Crippen molar-refractivity contribution in [2.45, 2.75) is 84.0 Å². The first kappa shape index (κ1) is 24.4. The Kier molecular flexibility index (Phi) is 11.5. The zero-order valence-corrected chi connectivity index (χ0v) is 18.8. The molecule has 5 heteroatoms. The van der Waals surface area contributed by atoms with Gasteiger partial charge in [-0.2, -0.15) is 0 Å². The Morgan fingerprint density at radius 1 is 1.10 bits per heavy atom. The highest BCUT2D eigenvalue weighted by Gasteiger charge is 2.19. The van der Waals surface area contributed by atoms with Crippen LogP contribution in [0.1, 0.15) is 83.1 Å². The van der Waals surface area contributed by atoms with Gasteiger partial charge in [0.05, 0.1) is 5.92 Å². The van der Waals surface area contributed by atoms with E-state index in [2.05, 4.69) is 17.4 Å². The highest BCUT2D eigenvalue weighted by Crippen LogP contribution is 2.23. The minimum Gasteiger partial charge on any atom is -0.387 e. The van der Waals surface area contributed by atoms with Gasteiger partial charge in [0.2, 0.25) is 5.91 Å². The molecule has 1 atom stereocenters. The summed E-state index contributed by atoms with van der Waals surface area (Å²) in [6, 6.07) is 8.01. The van der Waals surface area contributed by atoms with Gasteiger partial charge in [-0.1, -0.05) is 57.6 Å². The molecule has 1 saturated carbocycles. The first-order chi connectivity index (χ1) is 14.6. The summed E-state index contributed by atoms with van der Waals surface area (Å²) in [5.41, 5.74) is 7.54. The van der Waals surface area contributed by atoms with Crippen molar-refractivity contribution >= 4 is 17.4 Å². The number of unbranched alkanes of at least 4 members (excludes halogenated alkanes) is 4. The number of amides is 1. The molecule has 1 aliphatic carbocycles. The lowest BCUT2D eigenvalue weighted by Crippen LogP contribution is -2.33. The monoisotopic (exact) mass is 415 g/mol. The molecule has 5 nitrogen and oxygen atoms in total. The van der Waals surface area contributed by atoms with E-state index in [9.17, 15) is 4.79 Å². The fourth-order valence-electron chi connectivity index (χ4n) is 4.20. The van der Waals surface area contributed by atoms with Crippen molar-refractivity contribution in [3.05, 3.63) is 29.8 Å². The number of carbonyl (C=O) groups is 1. The molecule has 1 aromatic carbocycles. The molecule has 168 valence electrons. The van der Waals surface area contributed by atoms with Crippen LogP contribution in [0.15, 0.2) is 24.3 Å². The van der Waals surface area contributed by atoms with Crippen molar-refractivity contribution in [3.63, 3.8) is 0 Å². The van der Waals surface area contributed by atoms with Gasteiger partial charge in [0.25, 0.3) is 0 Å². The molecule has 0 saturated heterocycles. The molecule has 1 aliphatic rings. The summed E-state index contributed by atoms with van der Waals surface area (Å²) in [6.07, 6.45) is 14.7. The maximum atomic E-state index is 12.1. The van der Waals surface area contributed by atoms with Crippen molar-refractivity contribution < 1.29 is 9.53 Å². The van der Waals surface area contributed by atoms with Crippen molar-refractivity contribution in [1.82, 2.24) is 0 Å². The van der Waals surface area contributed by atoms with Gasteiger partial charge in [-0.05, 0) is 62.1 Å². The lowest BCUT2D eigenvalue weighted by Gasteiger charge is -2.21. The van der Waals surface area contributed by atoms with Crippen molar-refractivity contribution in [1.29, 1.82) is 5.41 Å². The van der Waals surface area contributed by atoms with Gasteiger partial charge >= 0.3 is 0 Å². The first-order valence-electron chi connectivity index (χ1n) is 11.9. The molecular weight excluding hydrogens is 374 g/mol. The van der Waals surface area contributed by atoms with Crippen LogP contribution in [0.2, 0.25) is 0 Å². The summed E-state index contributed by atoms with van der Waals surface area (Å²) < 4.78 is 5.87. The van der Waals surface area contributed by atoms with Gasteiger partial charge in [0.1, 0.15) is 5.84 Å². The second-order valence-corrected chi connectivity index (χ2v) is 8.70. The molecule has 0 heterocycles. The molecule has 30 heavy (non-hydrogen) atoms. The number of hydrogen-bond donors (Lipinski definition) is 3. The molecule has 1 amide bonds. The Bertz CT molecular complexity index is 624. The summed E-state index contributed by atoms with van der Waals surface area (Å²) >= 11 is 0. The largest absolute Gasteiger partial charge is 0.387 e. The molecule has 1 fully saturated rings. The predicted octanol–water partition coefficient (Wildman–Crippen LogP) is 5.68. The van der Waals surface area contributed by atoms with Gasteiger partial charge in [-0.15, -0.1) is 0 Å². The highest BCUT2D eigenvalue weighted by molar-refractivity contribution is 6.06. The molecule has 2 rings (SSSR count). The Morgan fingerprint density at radius 3 is 2.43 bits per heavy atom. The third-order valence-electron chi connectivity index (χ3n) is 6.15. The Labute approximate surface area is 182 Å². The lowest BCUT2D eigenvalue weighted by atomic mass is 9.90.